The van der Waals surface area contributed by atoms with E-state index in [-0.39, 0.29) is 22.7 Å². The molecule has 0 saturated heterocycles. The molecule has 1 amide bonds. The van der Waals surface area contributed by atoms with Crippen molar-refractivity contribution in [3.8, 4) is 0 Å². The van der Waals surface area contributed by atoms with E-state index in [2.05, 4.69) is 15.3 Å². The molecule has 18 heavy (non-hydrogen) atoms. The molecule has 0 aliphatic rings. The monoisotopic (exact) mass is 281 g/mol. The van der Waals surface area contributed by atoms with Crippen LogP contribution in [0.4, 0.5) is 0 Å². The second kappa shape index (κ2) is 5.74. The molecular formula is C11H11N3O2S2. The number of nitrogens with one attached hydrogen (secondary N) is 3. The van der Waals surface area contributed by atoms with Gasteiger partial charge in [-0.1, -0.05) is 6.07 Å². The van der Waals surface area contributed by atoms with Gasteiger partial charge in [0.25, 0.3) is 5.56 Å². The van der Waals surface area contributed by atoms with Crippen LogP contribution in [0.25, 0.3) is 0 Å². The van der Waals surface area contributed by atoms with E-state index in [9.17, 15) is 9.59 Å². The Morgan fingerprint density at radius 3 is 2.94 bits per heavy atom. The number of carbonyl (C=O) groups is 1. The first kappa shape index (κ1) is 12.7. The summed E-state index contributed by atoms with van der Waals surface area (Å²) in [5, 5.41) is 4.73. The maximum atomic E-state index is 11.7. The van der Waals surface area contributed by atoms with Gasteiger partial charge in [-0.2, -0.15) is 0 Å². The summed E-state index contributed by atoms with van der Waals surface area (Å²) in [5.41, 5.74) is 0.201. The van der Waals surface area contributed by atoms with Gasteiger partial charge in [-0.3, -0.25) is 14.6 Å². The third-order valence-corrected chi connectivity index (χ3v) is 3.29. The molecule has 0 atom stereocenters. The van der Waals surface area contributed by atoms with Crippen molar-refractivity contribution in [1.82, 2.24) is 15.3 Å². The fraction of sp³-hybridized carbons (Fsp3) is 0.182. The number of carbonyl (C=O) groups excluding carboxylic acids is 1. The van der Waals surface area contributed by atoms with Gasteiger partial charge in [0.05, 0.1) is 13.0 Å². The largest absolute Gasteiger partial charge is 0.351 e. The first-order valence-electron chi connectivity index (χ1n) is 5.25. The number of H-pyrrole nitrogens is 2. The van der Waals surface area contributed by atoms with Crippen molar-refractivity contribution in [3.05, 3.63) is 49.3 Å². The van der Waals surface area contributed by atoms with E-state index in [0.29, 0.717) is 12.2 Å². The van der Waals surface area contributed by atoms with E-state index < -0.39 is 0 Å². The van der Waals surface area contributed by atoms with Crippen LogP contribution in [0.5, 0.6) is 0 Å². The fourth-order valence-electron chi connectivity index (χ4n) is 1.45. The number of thiophene rings is 1. The summed E-state index contributed by atoms with van der Waals surface area (Å²) >= 11 is 6.41. The van der Waals surface area contributed by atoms with Crippen LogP contribution in [-0.2, 0) is 17.8 Å². The maximum Gasteiger partial charge on any atom is 0.251 e. The average Bonchev–Trinajstić information content (AvgIpc) is 2.77. The maximum absolute atomic E-state index is 11.7. The van der Waals surface area contributed by atoms with Crippen LogP contribution in [-0.4, -0.2) is 15.9 Å². The van der Waals surface area contributed by atoms with Gasteiger partial charge < -0.3 is 10.3 Å². The first-order valence-corrected chi connectivity index (χ1v) is 6.54. The average molecular weight is 281 g/mol. The predicted molar refractivity (Wildman–Crippen MR) is 72.1 cm³/mol. The highest BCUT2D eigenvalue weighted by molar-refractivity contribution is 7.71. The molecule has 2 heterocycles. The van der Waals surface area contributed by atoms with Crippen molar-refractivity contribution >= 4 is 29.5 Å². The third kappa shape index (κ3) is 3.64. The number of amides is 1. The molecule has 3 N–H and O–H groups in total. The van der Waals surface area contributed by atoms with Gasteiger partial charge in [0, 0.05) is 16.6 Å². The smallest absolute Gasteiger partial charge is 0.251 e. The summed E-state index contributed by atoms with van der Waals surface area (Å²) in [6.07, 6.45) is 0.110. The molecular weight excluding hydrogens is 270 g/mol. The molecule has 5 nitrogen and oxygen atoms in total. The zero-order valence-electron chi connectivity index (χ0n) is 9.36. The van der Waals surface area contributed by atoms with Crippen LogP contribution in [0.1, 0.15) is 10.6 Å². The zero-order valence-corrected chi connectivity index (χ0v) is 11.0. The lowest BCUT2D eigenvalue weighted by Crippen LogP contribution is -2.25. The van der Waals surface area contributed by atoms with E-state index in [4.69, 9.17) is 12.2 Å². The number of hydrogen-bond donors (Lipinski definition) is 3. The third-order valence-electron chi connectivity index (χ3n) is 2.21. The molecule has 2 aromatic rings. The number of hydrogen-bond acceptors (Lipinski definition) is 4. The van der Waals surface area contributed by atoms with Gasteiger partial charge in [-0.25, -0.2) is 0 Å². The van der Waals surface area contributed by atoms with Crippen molar-refractivity contribution in [2.45, 2.75) is 13.0 Å². The zero-order chi connectivity index (χ0) is 13.0. The molecule has 0 radical (unpaired) electrons. The molecule has 2 aromatic heterocycles. The van der Waals surface area contributed by atoms with Gasteiger partial charge in [-0.05, 0) is 23.7 Å². The Hall–Kier alpha value is -1.73. The molecule has 2 rings (SSSR count). The molecule has 94 valence electrons. The summed E-state index contributed by atoms with van der Waals surface area (Å²) in [7, 11) is 0. The summed E-state index contributed by atoms with van der Waals surface area (Å²) in [5.74, 6) is -0.153. The molecule has 0 fully saturated rings. The van der Waals surface area contributed by atoms with Crippen LogP contribution in [0.15, 0.2) is 28.4 Å². The molecule has 0 aliphatic heterocycles. The Kier molecular flexibility index (Phi) is 4.06. The standard InChI is InChI=1S/C11H11N3O2S2/c15-9(12-6-8-2-1-3-18-8)4-7-5-10(16)14-11(17)13-7/h1-3,5H,4,6H2,(H,12,15)(H2,13,14,16,17). The molecule has 0 saturated carbocycles. The van der Waals surface area contributed by atoms with E-state index in [1.807, 2.05) is 17.5 Å². The van der Waals surface area contributed by atoms with Gasteiger partial charge in [0.2, 0.25) is 5.91 Å². The molecule has 0 aliphatic carbocycles. The lowest BCUT2D eigenvalue weighted by molar-refractivity contribution is -0.120. The highest BCUT2D eigenvalue weighted by Gasteiger charge is 2.04. The van der Waals surface area contributed by atoms with Crippen molar-refractivity contribution in [2.24, 2.45) is 0 Å². The normalized spacial score (nSPS) is 10.2. The highest BCUT2D eigenvalue weighted by atomic mass is 32.1. The van der Waals surface area contributed by atoms with Crippen molar-refractivity contribution in [1.29, 1.82) is 0 Å². The van der Waals surface area contributed by atoms with E-state index in [1.54, 1.807) is 11.3 Å². The topological polar surface area (TPSA) is 77.8 Å². The molecule has 0 spiro atoms. The molecule has 0 unspecified atom stereocenters. The molecule has 7 heteroatoms. The number of aromatic amines is 2. The lowest BCUT2D eigenvalue weighted by atomic mass is 10.3. The molecule has 0 aromatic carbocycles. The van der Waals surface area contributed by atoms with Gasteiger partial charge in [0.1, 0.15) is 0 Å². The van der Waals surface area contributed by atoms with Crippen LogP contribution in [0.2, 0.25) is 0 Å². The Labute approximate surface area is 112 Å². The fourth-order valence-corrected chi connectivity index (χ4v) is 2.33. The summed E-state index contributed by atoms with van der Waals surface area (Å²) < 4.78 is 0.226. The van der Waals surface area contributed by atoms with Crippen molar-refractivity contribution in [3.63, 3.8) is 0 Å². The minimum absolute atomic E-state index is 0.110. The van der Waals surface area contributed by atoms with E-state index >= 15 is 0 Å². The van der Waals surface area contributed by atoms with Crippen molar-refractivity contribution in [2.75, 3.05) is 0 Å². The Balaban J connectivity index is 1.94. The van der Waals surface area contributed by atoms with Gasteiger partial charge in [-0.15, -0.1) is 11.3 Å². The van der Waals surface area contributed by atoms with Crippen LogP contribution in [0.3, 0.4) is 0 Å². The highest BCUT2D eigenvalue weighted by Crippen LogP contribution is 2.07. The second-order valence-corrected chi connectivity index (χ2v) is 5.09. The SMILES string of the molecule is O=C(Cc1cc(=O)[nH]c(=S)[nH]1)NCc1cccs1. The summed E-state index contributed by atoms with van der Waals surface area (Å²) in [6.45, 7) is 0.500. The van der Waals surface area contributed by atoms with E-state index in [0.717, 1.165) is 4.88 Å². The predicted octanol–water partition coefficient (Wildman–Crippen LogP) is 1.35. The second-order valence-electron chi connectivity index (χ2n) is 3.65. The summed E-state index contributed by atoms with van der Waals surface area (Å²) in [6, 6.07) is 5.21. The van der Waals surface area contributed by atoms with Crippen LogP contribution >= 0.6 is 23.6 Å². The van der Waals surface area contributed by atoms with Crippen molar-refractivity contribution < 1.29 is 4.79 Å². The number of rotatable bonds is 4. The lowest BCUT2D eigenvalue weighted by Gasteiger charge is -2.03. The minimum atomic E-state index is -0.306. The van der Waals surface area contributed by atoms with Crippen LogP contribution in [0, 0.1) is 4.77 Å². The Bertz CT molecular complexity index is 615. The quantitative estimate of drug-likeness (QED) is 0.740. The first-order chi connectivity index (χ1) is 8.63. The molecule has 0 bridgehead atoms. The Morgan fingerprint density at radius 1 is 1.44 bits per heavy atom. The Morgan fingerprint density at radius 2 is 2.28 bits per heavy atom. The van der Waals surface area contributed by atoms with Gasteiger partial charge in [0.15, 0.2) is 4.77 Å². The summed E-state index contributed by atoms with van der Waals surface area (Å²) in [4.78, 5) is 29.1. The van der Waals surface area contributed by atoms with E-state index in [1.165, 1.54) is 6.07 Å². The number of aromatic nitrogens is 2. The van der Waals surface area contributed by atoms with Gasteiger partial charge >= 0.3 is 0 Å². The van der Waals surface area contributed by atoms with Crippen LogP contribution < -0.4 is 10.9 Å². The minimum Gasteiger partial charge on any atom is -0.351 e.